The van der Waals surface area contributed by atoms with E-state index in [0.29, 0.717) is 62.4 Å². The monoisotopic (exact) mass is 726 g/mol. The van der Waals surface area contributed by atoms with E-state index in [1.54, 1.807) is 84.9 Å². The van der Waals surface area contributed by atoms with Crippen LogP contribution in [0.25, 0.3) is 44.8 Å². The third-order valence-electron chi connectivity index (χ3n) is 9.30. The highest BCUT2D eigenvalue weighted by molar-refractivity contribution is 7.81. The minimum atomic E-state index is -4.93. The summed E-state index contributed by atoms with van der Waals surface area (Å²) >= 11 is 0. The van der Waals surface area contributed by atoms with E-state index in [1.165, 1.54) is 18.2 Å². The summed E-state index contributed by atoms with van der Waals surface area (Å²) in [4.78, 5) is 18.1. The molecule has 12 heteroatoms. The van der Waals surface area contributed by atoms with Gasteiger partial charge in [-0.3, -0.25) is 9.35 Å². The van der Waals surface area contributed by atoms with E-state index in [9.17, 15) is 38.2 Å². The Balaban J connectivity index is 1.57. The number of carbonyl (C=O) groups excluding carboxylic acids is 1. The molecule has 0 atom stereocenters. The van der Waals surface area contributed by atoms with Crippen LogP contribution < -0.4 is 14.9 Å². The lowest BCUT2D eigenvalue weighted by Crippen LogP contribution is -2.34. The fourth-order valence-electron chi connectivity index (χ4n) is 7.01. The SMILES string of the molecule is O=C1C(c2ccc(O)cc2)=c2c(c(-c3ccc(O)cc3)/c(=C/c3ccc(O)cc3)n2CCc2ccc(O)cc2)-c2c1[nH]c1c(OS(=O)(=O)O)cccc21. The first-order valence-corrected chi connectivity index (χ1v) is 17.8. The maximum absolute atomic E-state index is 14.9. The molecular weight excluding hydrogens is 697 g/mol. The van der Waals surface area contributed by atoms with Gasteiger partial charge in [0, 0.05) is 28.6 Å². The number of aromatic amines is 1. The number of ketones is 1. The molecule has 11 nitrogen and oxygen atoms in total. The normalized spacial score (nSPS) is 13.0. The average molecular weight is 727 g/mol. The average Bonchev–Trinajstić information content (AvgIpc) is 3.66. The molecule has 1 aliphatic carbocycles. The van der Waals surface area contributed by atoms with Crippen LogP contribution in [0.5, 0.6) is 28.7 Å². The van der Waals surface area contributed by atoms with Gasteiger partial charge in [0.25, 0.3) is 0 Å². The summed E-state index contributed by atoms with van der Waals surface area (Å²) in [5.74, 6) is -0.365. The third-order valence-corrected chi connectivity index (χ3v) is 9.69. The molecular formula is C41H30N2O9S. The van der Waals surface area contributed by atoms with Crippen LogP contribution in [0.1, 0.15) is 27.2 Å². The van der Waals surface area contributed by atoms with Gasteiger partial charge in [-0.1, -0.05) is 60.7 Å². The minimum absolute atomic E-state index is 0.00461. The number of nitrogens with one attached hydrogen (secondary N) is 1. The van der Waals surface area contributed by atoms with E-state index < -0.39 is 16.2 Å². The second-order valence-corrected chi connectivity index (χ2v) is 13.7. The number of hydrogen-bond acceptors (Lipinski definition) is 8. The molecule has 0 unspecified atom stereocenters. The van der Waals surface area contributed by atoms with E-state index in [0.717, 1.165) is 11.1 Å². The number of nitrogens with zero attached hydrogens (tertiary/aromatic N) is 1. The van der Waals surface area contributed by atoms with Gasteiger partial charge in [0.15, 0.2) is 5.75 Å². The van der Waals surface area contributed by atoms with Gasteiger partial charge in [0.1, 0.15) is 23.0 Å². The van der Waals surface area contributed by atoms with Crippen molar-refractivity contribution in [2.45, 2.75) is 13.0 Å². The highest BCUT2D eigenvalue weighted by Crippen LogP contribution is 2.43. The first-order valence-electron chi connectivity index (χ1n) is 16.5. The predicted molar refractivity (Wildman–Crippen MR) is 199 cm³/mol. The summed E-state index contributed by atoms with van der Waals surface area (Å²) < 4.78 is 40.4. The summed E-state index contributed by atoms with van der Waals surface area (Å²) in [5.41, 5.74) is 5.24. The standard InChI is InChI=1S/C41H30N2O9S/c44-27-12-4-23(5-13-27)20-21-43-32(22-24-6-14-28(45)15-7-24)34(25-8-16-29(46)17-9-25)37-36-31-2-1-3-33(52-53(49,50)51)38(31)42-39(36)41(48)35(40(37)43)26-10-18-30(47)19-11-26/h1-19,22,42,44-47H,20-21H2,(H,49,50,51)/b32-22-. The zero-order valence-electron chi connectivity index (χ0n) is 27.7. The zero-order valence-corrected chi connectivity index (χ0v) is 28.5. The van der Waals surface area contributed by atoms with Crippen molar-refractivity contribution < 1.29 is 42.4 Å². The van der Waals surface area contributed by atoms with Gasteiger partial charge in [0.2, 0.25) is 5.78 Å². The van der Waals surface area contributed by atoms with Crippen LogP contribution in [-0.2, 0) is 23.4 Å². The molecule has 8 rings (SSSR count). The van der Waals surface area contributed by atoms with Crippen molar-refractivity contribution in [3.05, 3.63) is 148 Å². The number of phenolic OH excluding ortho intramolecular Hbond substituents is 4. The maximum atomic E-state index is 14.9. The van der Waals surface area contributed by atoms with Gasteiger partial charge in [-0.05, 0) is 89.3 Å². The van der Waals surface area contributed by atoms with Crippen LogP contribution in [0.15, 0.2) is 115 Å². The first-order chi connectivity index (χ1) is 25.4. The van der Waals surface area contributed by atoms with Crippen molar-refractivity contribution in [1.29, 1.82) is 0 Å². The Bertz CT molecular complexity index is 2800. The Morgan fingerprint density at radius 2 is 1.25 bits per heavy atom. The summed E-state index contributed by atoms with van der Waals surface area (Å²) in [7, 11) is -4.93. The topological polar surface area (TPSA) is 182 Å². The molecule has 1 aliphatic rings. The number of phenols is 4. The van der Waals surface area contributed by atoms with Crippen LogP contribution in [0.4, 0.5) is 0 Å². The first kappa shape index (κ1) is 33.4. The minimum Gasteiger partial charge on any atom is -0.508 e. The number of H-pyrrole nitrogens is 1. The molecule has 2 aromatic heterocycles. The van der Waals surface area contributed by atoms with Crippen molar-refractivity contribution in [1.82, 2.24) is 9.55 Å². The Morgan fingerprint density at radius 3 is 1.85 bits per heavy atom. The van der Waals surface area contributed by atoms with Crippen molar-refractivity contribution in [3.63, 3.8) is 0 Å². The molecule has 6 N–H and O–H groups in total. The van der Waals surface area contributed by atoms with E-state index in [2.05, 4.69) is 4.98 Å². The zero-order chi connectivity index (χ0) is 37.0. The molecule has 5 aromatic carbocycles. The summed E-state index contributed by atoms with van der Waals surface area (Å²) in [6, 6.07) is 31.1. The molecule has 264 valence electrons. The molecule has 0 radical (unpaired) electrons. The van der Waals surface area contributed by atoms with Crippen LogP contribution in [0, 0.1) is 0 Å². The summed E-state index contributed by atoms with van der Waals surface area (Å²) in [6.45, 7) is 0.346. The number of aryl methyl sites for hydroxylation is 1. The number of hydrogen-bond donors (Lipinski definition) is 6. The Kier molecular flexibility index (Phi) is 8.05. The van der Waals surface area contributed by atoms with Gasteiger partial charge in [-0.25, -0.2) is 0 Å². The lowest BCUT2D eigenvalue weighted by atomic mass is 9.85. The van der Waals surface area contributed by atoms with Gasteiger partial charge in [0.05, 0.1) is 27.5 Å². The highest BCUT2D eigenvalue weighted by Gasteiger charge is 2.35. The molecule has 7 aromatic rings. The second kappa shape index (κ2) is 12.8. The van der Waals surface area contributed by atoms with E-state index >= 15 is 0 Å². The quantitative estimate of drug-likeness (QED) is 0.106. The van der Waals surface area contributed by atoms with Crippen LogP contribution in [0.2, 0.25) is 0 Å². The molecule has 53 heavy (non-hydrogen) atoms. The highest BCUT2D eigenvalue weighted by atomic mass is 32.3. The second-order valence-electron chi connectivity index (χ2n) is 12.7. The third kappa shape index (κ3) is 6.15. The van der Waals surface area contributed by atoms with E-state index in [4.69, 9.17) is 4.18 Å². The smallest absolute Gasteiger partial charge is 0.446 e. The molecule has 0 amide bonds. The fourth-order valence-corrected chi connectivity index (χ4v) is 7.37. The maximum Gasteiger partial charge on any atom is 0.446 e. The number of para-hydroxylation sites is 1. The van der Waals surface area contributed by atoms with Crippen molar-refractivity contribution in [2.24, 2.45) is 0 Å². The molecule has 0 bridgehead atoms. The Hall–Kier alpha value is -6.76. The fraction of sp³-hybridized carbons (Fsp3) is 0.0488. The number of aromatic nitrogens is 2. The van der Waals surface area contributed by atoms with Crippen molar-refractivity contribution in [3.8, 4) is 51.0 Å². The lowest BCUT2D eigenvalue weighted by molar-refractivity contribution is 0.105. The van der Waals surface area contributed by atoms with Crippen molar-refractivity contribution >= 4 is 38.7 Å². The molecule has 0 fully saturated rings. The van der Waals surface area contributed by atoms with E-state index in [-0.39, 0.29) is 40.0 Å². The van der Waals surface area contributed by atoms with E-state index in [1.807, 2.05) is 22.8 Å². The van der Waals surface area contributed by atoms with Crippen LogP contribution >= 0.6 is 0 Å². The van der Waals surface area contributed by atoms with Gasteiger partial charge in [-0.15, -0.1) is 0 Å². The van der Waals surface area contributed by atoms with Gasteiger partial charge >= 0.3 is 10.4 Å². The molecule has 2 heterocycles. The number of rotatable bonds is 8. The number of fused-ring (bicyclic) bond motifs is 5. The molecule has 0 spiro atoms. The Morgan fingerprint density at radius 1 is 0.679 bits per heavy atom. The summed E-state index contributed by atoms with van der Waals surface area (Å²) in [6.07, 6.45) is 2.42. The number of benzene rings is 5. The largest absolute Gasteiger partial charge is 0.508 e. The van der Waals surface area contributed by atoms with Gasteiger partial charge < -0.3 is 34.2 Å². The van der Waals surface area contributed by atoms with Crippen LogP contribution in [-0.4, -0.2) is 48.7 Å². The lowest BCUT2D eigenvalue weighted by Gasteiger charge is -2.17. The van der Waals surface area contributed by atoms with Crippen LogP contribution in [0.3, 0.4) is 0 Å². The number of aromatic hydroxyl groups is 4. The molecule has 0 aliphatic heterocycles. The molecule has 0 saturated carbocycles. The van der Waals surface area contributed by atoms with Crippen molar-refractivity contribution in [2.75, 3.05) is 0 Å². The predicted octanol–water partition coefficient (Wildman–Crippen LogP) is 5.77. The summed E-state index contributed by atoms with van der Waals surface area (Å²) in [5, 5.41) is 42.3. The van der Waals surface area contributed by atoms with Gasteiger partial charge in [-0.2, -0.15) is 8.42 Å². The molecule has 0 saturated heterocycles. The Labute approximate surface area is 302 Å². The number of carbonyl (C=O) groups is 1. The number of Topliss-reactive ketones (excluding diaryl/α,β-unsaturated/α-hetero) is 1.